The fraction of sp³-hybridized carbons (Fsp3) is 0.0635. The zero-order valence-electron chi connectivity index (χ0n) is 35.0. The van der Waals surface area contributed by atoms with Crippen LogP contribution in [0, 0.1) is 5.92 Å². The van der Waals surface area contributed by atoms with Crippen molar-refractivity contribution in [2.75, 3.05) is 0 Å². The number of hydrogen-bond acceptors (Lipinski definition) is 1. The third-order valence-electron chi connectivity index (χ3n) is 15.8. The van der Waals surface area contributed by atoms with E-state index in [1.165, 1.54) is 105 Å². The quantitative estimate of drug-likeness (QED) is 0.159. The van der Waals surface area contributed by atoms with Crippen molar-refractivity contribution < 1.29 is 0 Å². The third kappa shape index (κ3) is 4.10. The molecule has 2 spiro atoms. The van der Waals surface area contributed by atoms with Gasteiger partial charge in [-0.2, -0.15) is 0 Å². The molecule has 1 heterocycles. The van der Waals surface area contributed by atoms with Crippen LogP contribution in [0.2, 0.25) is 0 Å². The fourth-order valence-corrected chi connectivity index (χ4v) is 13.5. The maximum Gasteiger partial charge on any atom is 0.0788 e. The van der Waals surface area contributed by atoms with Crippen LogP contribution in [0.25, 0.3) is 77.4 Å². The molecule has 0 amide bonds. The van der Waals surface area contributed by atoms with Gasteiger partial charge in [-0.15, -0.1) is 0 Å². The molecule has 0 bridgehead atoms. The summed E-state index contributed by atoms with van der Waals surface area (Å²) >= 11 is 0. The lowest BCUT2D eigenvalue weighted by atomic mass is 9.65. The Morgan fingerprint density at radius 2 is 0.938 bits per heavy atom. The van der Waals surface area contributed by atoms with Gasteiger partial charge in [-0.3, -0.25) is 0 Å². The summed E-state index contributed by atoms with van der Waals surface area (Å²) in [6.45, 7) is 0. The Balaban J connectivity index is 0.972. The standard InChI is InChI=1S/C63H39N/c1-8-27-51-41(19-1)42-20-2-9-28-52(42)62(51)56-32-13-6-25-47(56)60-40(26-16-33-57(60)62)38-17-15-18-39(35-38)61-50-36-49-45-23-5-12-31-55(45)63(58(49)37-48(50)46-24-7-14-34-59(46)64-61)53-29-10-3-21-43(53)44-22-4-11-30-54(44)63/h1-37,43,53H. The predicted molar refractivity (Wildman–Crippen MR) is 263 cm³/mol. The van der Waals surface area contributed by atoms with Gasteiger partial charge in [-0.1, -0.05) is 200 Å². The Morgan fingerprint density at radius 3 is 1.73 bits per heavy atom. The van der Waals surface area contributed by atoms with E-state index in [-0.39, 0.29) is 16.7 Å². The van der Waals surface area contributed by atoms with Crippen molar-refractivity contribution in [2.45, 2.75) is 16.7 Å². The smallest absolute Gasteiger partial charge is 0.0788 e. The van der Waals surface area contributed by atoms with E-state index in [1.807, 2.05) is 0 Å². The summed E-state index contributed by atoms with van der Waals surface area (Å²) in [5, 5.41) is 3.63. The van der Waals surface area contributed by atoms with Crippen LogP contribution in [0.5, 0.6) is 0 Å². The van der Waals surface area contributed by atoms with E-state index >= 15 is 0 Å². The van der Waals surface area contributed by atoms with Crippen LogP contribution in [-0.4, -0.2) is 4.98 Å². The van der Waals surface area contributed by atoms with Gasteiger partial charge in [0, 0.05) is 28.2 Å². The van der Waals surface area contributed by atoms with Crippen molar-refractivity contribution in [3.63, 3.8) is 0 Å². The Morgan fingerprint density at radius 1 is 0.359 bits per heavy atom. The van der Waals surface area contributed by atoms with Gasteiger partial charge >= 0.3 is 0 Å². The monoisotopic (exact) mass is 809 g/mol. The summed E-state index contributed by atoms with van der Waals surface area (Å²) < 4.78 is 0. The number of rotatable bonds is 2. The van der Waals surface area contributed by atoms with Crippen molar-refractivity contribution in [1.29, 1.82) is 0 Å². The van der Waals surface area contributed by atoms with E-state index < -0.39 is 0 Å². The molecule has 1 nitrogen and oxygen atoms in total. The first-order valence-electron chi connectivity index (χ1n) is 22.7. The molecule has 0 N–H and O–H groups in total. The molecule has 10 aromatic rings. The molecule has 5 aliphatic carbocycles. The Labute approximate surface area is 372 Å². The summed E-state index contributed by atoms with van der Waals surface area (Å²) in [7, 11) is 0. The zero-order chi connectivity index (χ0) is 41.7. The SMILES string of the molecule is C1=CC2c3ccccc3C3(c4ccccc4-c4cc5c(-c6cccc(-c7cccc8c7-c7ccccc7C87c8ccccc8-c8ccccc87)c6)nc6ccccc6c5cc43)C2C=C1. The van der Waals surface area contributed by atoms with E-state index in [0.29, 0.717) is 5.92 Å². The average molecular weight is 810 g/mol. The summed E-state index contributed by atoms with van der Waals surface area (Å²) in [6.07, 6.45) is 9.42. The lowest BCUT2D eigenvalue weighted by Gasteiger charge is -2.36. The normalized spacial score (nSPS) is 19.3. The number of fused-ring (bicyclic) bond motifs is 23. The highest BCUT2D eigenvalue weighted by molar-refractivity contribution is 6.14. The van der Waals surface area contributed by atoms with Gasteiger partial charge in [0.2, 0.25) is 0 Å². The first-order valence-corrected chi connectivity index (χ1v) is 22.7. The molecule has 0 saturated heterocycles. The molecule has 5 aliphatic rings. The molecule has 3 atom stereocenters. The largest absolute Gasteiger partial charge is 0.247 e. The number of benzene rings is 9. The van der Waals surface area contributed by atoms with Crippen molar-refractivity contribution in [1.82, 2.24) is 4.98 Å². The van der Waals surface area contributed by atoms with Crippen LogP contribution < -0.4 is 0 Å². The van der Waals surface area contributed by atoms with Gasteiger partial charge < -0.3 is 0 Å². The summed E-state index contributed by atoms with van der Waals surface area (Å²) in [5.41, 5.74) is 23.9. The number of para-hydroxylation sites is 1. The highest BCUT2D eigenvalue weighted by atomic mass is 14.7. The molecule has 1 aromatic heterocycles. The van der Waals surface area contributed by atoms with Gasteiger partial charge in [0.15, 0.2) is 0 Å². The van der Waals surface area contributed by atoms with E-state index in [2.05, 4.69) is 224 Å². The first kappa shape index (κ1) is 34.7. The summed E-state index contributed by atoms with van der Waals surface area (Å²) in [5.74, 6) is 0.602. The molecule has 0 radical (unpaired) electrons. The van der Waals surface area contributed by atoms with Crippen LogP contribution in [-0.2, 0) is 10.8 Å². The zero-order valence-corrected chi connectivity index (χ0v) is 35.0. The van der Waals surface area contributed by atoms with Crippen LogP contribution in [0.3, 0.4) is 0 Å². The van der Waals surface area contributed by atoms with Crippen LogP contribution in [0.4, 0.5) is 0 Å². The highest BCUT2D eigenvalue weighted by Crippen LogP contribution is 2.67. The topological polar surface area (TPSA) is 12.9 Å². The Kier molecular flexibility index (Phi) is 6.72. The van der Waals surface area contributed by atoms with E-state index in [0.717, 1.165) is 16.8 Å². The van der Waals surface area contributed by atoms with Crippen LogP contribution in [0.15, 0.2) is 224 Å². The Bertz CT molecular complexity index is 3720. The van der Waals surface area contributed by atoms with E-state index in [9.17, 15) is 0 Å². The molecule has 3 unspecified atom stereocenters. The van der Waals surface area contributed by atoms with Crippen LogP contribution in [0.1, 0.15) is 50.4 Å². The van der Waals surface area contributed by atoms with Crippen molar-refractivity contribution in [3.8, 4) is 55.8 Å². The second-order valence-corrected chi connectivity index (χ2v) is 18.4. The summed E-state index contributed by atoms with van der Waals surface area (Å²) in [6, 6.07) is 75.7. The lowest BCUT2D eigenvalue weighted by Crippen LogP contribution is -2.32. The first-order chi connectivity index (χ1) is 31.8. The number of aromatic nitrogens is 1. The number of allylic oxidation sites excluding steroid dienone is 4. The molecule has 0 aliphatic heterocycles. The maximum absolute atomic E-state index is 5.58. The van der Waals surface area contributed by atoms with Crippen molar-refractivity contribution in [2.24, 2.45) is 5.92 Å². The molecule has 0 saturated carbocycles. The molecular formula is C63H39N. The van der Waals surface area contributed by atoms with Gasteiger partial charge in [0.1, 0.15) is 0 Å². The van der Waals surface area contributed by atoms with Gasteiger partial charge in [-0.25, -0.2) is 4.98 Å². The maximum atomic E-state index is 5.58. The number of pyridine rings is 1. The van der Waals surface area contributed by atoms with Crippen molar-refractivity contribution >= 4 is 21.7 Å². The van der Waals surface area contributed by atoms with E-state index in [1.54, 1.807) is 0 Å². The van der Waals surface area contributed by atoms with Gasteiger partial charge in [0.25, 0.3) is 0 Å². The fourth-order valence-electron chi connectivity index (χ4n) is 13.5. The molecule has 15 rings (SSSR count). The molecule has 9 aromatic carbocycles. The second kappa shape index (κ2) is 12.4. The molecule has 0 fully saturated rings. The number of nitrogens with zero attached hydrogens (tertiary/aromatic N) is 1. The minimum Gasteiger partial charge on any atom is -0.247 e. The molecule has 296 valence electrons. The molecule has 1 heteroatoms. The third-order valence-corrected chi connectivity index (χ3v) is 15.8. The Hall–Kier alpha value is -7.87. The molecular weight excluding hydrogens is 771 g/mol. The lowest BCUT2D eigenvalue weighted by molar-refractivity contribution is 0.466. The molecule has 64 heavy (non-hydrogen) atoms. The predicted octanol–water partition coefficient (Wildman–Crippen LogP) is 15.2. The minimum atomic E-state index is -0.388. The van der Waals surface area contributed by atoms with Gasteiger partial charge in [-0.05, 0) is 119 Å². The summed E-state index contributed by atoms with van der Waals surface area (Å²) in [4.78, 5) is 5.58. The van der Waals surface area contributed by atoms with E-state index in [4.69, 9.17) is 4.98 Å². The van der Waals surface area contributed by atoms with Crippen LogP contribution >= 0.6 is 0 Å². The van der Waals surface area contributed by atoms with Gasteiger partial charge in [0.05, 0.1) is 22.0 Å². The average Bonchev–Trinajstić information content (AvgIpc) is 4.05. The minimum absolute atomic E-state index is 0.280. The highest BCUT2D eigenvalue weighted by Gasteiger charge is 2.57. The van der Waals surface area contributed by atoms with Crippen molar-refractivity contribution in [3.05, 3.63) is 269 Å². The number of hydrogen-bond donors (Lipinski definition) is 0. The second-order valence-electron chi connectivity index (χ2n) is 18.4.